The third kappa shape index (κ3) is 2.97. The van der Waals surface area contributed by atoms with Gasteiger partial charge in [0.2, 0.25) is 0 Å². The van der Waals surface area contributed by atoms with Crippen molar-refractivity contribution in [3.8, 4) is 0 Å². The van der Waals surface area contributed by atoms with Gasteiger partial charge >= 0.3 is 6.03 Å². The number of amides is 2. The molecule has 4 heteroatoms. The first kappa shape index (κ1) is 11.0. The Morgan fingerprint density at radius 2 is 2.25 bits per heavy atom. The van der Waals surface area contributed by atoms with Crippen molar-refractivity contribution < 1.29 is 9.53 Å². The Balaban J connectivity index is 1.91. The molecule has 0 radical (unpaired) electrons. The summed E-state index contributed by atoms with van der Waals surface area (Å²) in [6.45, 7) is 5.31. The van der Waals surface area contributed by atoms with Gasteiger partial charge in [-0.1, -0.05) is 12.1 Å². The number of hydrogen-bond acceptors (Lipinski definition) is 2. The van der Waals surface area contributed by atoms with Crippen molar-refractivity contribution in [1.29, 1.82) is 0 Å². The minimum atomic E-state index is -0.177. The summed E-state index contributed by atoms with van der Waals surface area (Å²) in [5.41, 5.74) is 3.05. The third-order valence-electron chi connectivity index (χ3n) is 2.53. The zero-order chi connectivity index (χ0) is 11.5. The smallest absolute Gasteiger partial charge is 0.319 e. The number of aryl methyl sites for hydroxylation is 2. The molecule has 1 atom stereocenters. The first-order valence-electron chi connectivity index (χ1n) is 5.39. The van der Waals surface area contributed by atoms with Gasteiger partial charge < -0.3 is 15.4 Å². The van der Waals surface area contributed by atoms with Gasteiger partial charge in [-0.05, 0) is 31.0 Å². The first-order chi connectivity index (χ1) is 7.65. The van der Waals surface area contributed by atoms with Gasteiger partial charge in [-0.3, -0.25) is 0 Å². The highest BCUT2D eigenvalue weighted by Crippen LogP contribution is 2.16. The van der Waals surface area contributed by atoms with Crippen molar-refractivity contribution >= 4 is 11.7 Å². The fourth-order valence-electron chi connectivity index (χ4n) is 1.43. The molecule has 16 heavy (non-hydrogen) atoms. The number of ether oxygens (including phenoxy) is 1. The molecule has 0 aliphatic carbocycles. The molecule has 1 aromatic rings. The van der Waals surface area contributed by atoms with Crippen LogP contribution in [0.3, 0.4) is 0 Å². The largest absolute Gasteiger partial charge is 0.371 e. The highest BCUT2D eigenvalue weighted by Gasteiger charge is 2.22. The van der Waals surface area contributed by atoms with E-state index in [-0.39, 0.29) is 12.1 Å². The number of epoxide rings is 1. The van der Waals surface area contributed by atoms with Gasteiger partial charge in [-0.25, -0.2) is 4.79 Å². The molecule has 0 bridgehead atoms. The van der Waals surface area contributed by atoms with Crippen LogP contribution in [0.1, 0.15) is 11.1 Å². The van der Waals surface area contributed by atoms with E-state index in [1.807, 2.05) is 32.0 Å². The molecule has 0 saturated carbocycles. The maximum Gasteiger partial charge on any atom is 0.319 e. The second kappa shape index (κ2) is 4.53. The lowest BCUT2D eigenvalue weighted by molar-refractivity contribution is 0.250. The van der Waals surface area contributed by atoms with E-state index >= 15 is 0 Å². The van der Waals surface area contributed by atoms with Crippen LogP contribution in [0, 0.1) is 13.8 Å². The van der Waals surface area contributed by atoms with Crippen LogP contribution in [0.4, 0.5) is 10.5 Å². The second-order valence-corrected chi connectivity index (χ2v) is 4.11. The molecule has 2 N–H and O–H groups in total. The van der Waals surface area contributed by atoms with Gasteiger partial charge in [-0.15, -0.1) is 0 Å². The van der Waals surface area contributed by atoms with E-state index < -0.39 is 0 Å². The molecule has 4 nitrogen and oxygen atoms in total. The fraction of sp³-hybridized carbons (Fsp3) is 0.417. The zero-order valence-electron chi connectivity index (χ0n) is 9.54. The van der Waals surface area contributed by atoms with Gasteiger partial charge in [0.25, 0.3) is 0 Å². The molecule has 0 spiro atoms. The van der Waals surface area contributed by atoms with E-state index in [0.717, 1.165) is 23.4 Å². The minimum absolute atomic E-state index is 0.177. The summed E-state index contributed by atoms with van der Waals surface area (Å²) < 4.78 is 5.01. The zero-order valence-corrected chi connectivity index (χ0v) is 9.54. The summed E-state index contributed by atoms with van der Waals surface area (Å²) in [5.74, 6) is 0. The Hall–Kier alpha value is -1.55. The maximum absolute atomic E-state index is 11.5. The lowest BCUT2D eigenvalue weighted by atomic mass is 10.1. The molecule has 1 aliphatic rings. The Morgan fingerprint density at radius 1 is 1.50 bits per heavy atom. The molecular weight excluding hydrogens is 204 g/mol. The first-order valence-corrected chi connectivity index (χ1v) is 5.39. The van der Waals surface area contributed by atoms with Crippen molar-refractivity contribution in [2.75, 3.05) is 18.5 Å². The fourth-order valence-corrected chi connectivity index (χ4v) is 1.43. The number of hydrogen-bond donors (Lipinski definition) is 2. The van der Waals surface area contributed by atoms with Crippen molar-refractivity contribution in [2.45, 2.75) is 20.0 Å². The van der Waals surface area contributed by atoms with E-state index in [1.54, 1.807) is 0 Å². The molecule has 1 aliphatic heterocycles. The molecular formula is C12H16N2O2. The molecule has 1 fully saturated rings. The predicted molar refractivity (Wildman–Crippen MR) is 62.7 cm³/mol. The van der Waals surface area contributed by atoms with Crippen molar-refractivity contribution in [3.63, 3.8) is 0 Å². The van der Waals surface area contributed by atoms with Gasteiger partial charge in [0, 0.05) is 12.2 Å². The molecule has 1 saturated heterocycles. The maximum atomic E-state index is 11.5. The summed E-state index contributed by atoms with van der Waals surface area (Å²) in [7, 11) is 0. The standard InChI is InChI=1S/C12H16N2O2/c1-8-3-4-9(2)11(5-8)14-12(15)13-6-10-7-16-10/h3-5,10H,6-7H2,1-2H3,(H2,13,14,15)/t10-/m1/s1. The van der Waals surface area contributed by atoms with Crippen LogP contribution in [-0.2, 0) is 4.74 Å². The molecule has 86 valence electrons. The Labute approximate surface area is 95.0 Å². The topological polar surface area (TPSA) is 53.7 Å². The normalized spacial score (nSPS) is 18.0. The molecule has 1 aromatic carbocycles. The molecule has 1 heterocycles. The number of carbonyl (C=O) groups excluding carboxylic acids is 1. The monoisotopic (exact) mass is 220 g/mol. The van der Waals surface area contributed by atoms with Crippen LogP contribution in [0.15, 0.2) is 18.2 Å². The summed E-state index contributed by atoms with van der Waals surface area (Å²) in [6, 6.07) is 5.80. The number of anilines is 1. The van der Waals surface area contributed by atoms with Crippen molar-refractivity contribution in [3.05, 3.63) is 29.3 Å². The number of benzene rings is 1. The Bertz CT molecular complexity index is 400. The number of nitrogens with one attached hydrogen (secondary N) is 2. The molecule has 2 amide bonds. The lowest BCUT2D eigenvalue weighted by Crippen LogP contribution is -2.32. The quantitative estimate of drug-likeness (QED) is 0.763. The van der Waals surface area contributed by atoms with Crippen LogP contribution in [0.25, 0.3) is 0 Å². The van der Waals surface area contributed by atoms with Gasteiger partial charge in [-0.2, -0.15) is 0 Å². The van der Waals surface area contributed by atoms with Crippen molar-refractivity contribution in [2.24, 2.45) is 0 Å². The summed E-state index contributed by atoms with van der Waals surface area (Å²) in [4.78, 5) is 11.5. The van der Waals surface area contributed by atoms with Crippen LogP contribution < -0.4 is 10.6 Å². The lowest BCUT2D eigenvalue weighted by Gasteiger charge is -2.09. The van der Waals surface area contributed by atoms with Crippen LogP contribution in [-0.4, -0.2) is 25.3 Å². The minimum Gasteiger partial charge on any atom is -0.371 e. The van der Waals surface area contributed by atoms with Crippen molar-refractivity contribution in [1.82, 2.24) is 5.32 Å². The molecule has 0 aromatic heterocycles. The van der Waals surface area contributed by atoms with E-state index in [0.29, 0.717) is 6.54 Å². The van der Waals surface area contributed by atoms with Gasteiger partial charge in [0.1, 0.15) is 0 Å². The van der Waals surface area contributed by atoms with Crippen LogP contribution in [0.5, 0.6) is 0 Å². The second-order valence-electron chi connectivity index (χ2n) is 4.11. The van der Waals surface area contributed by atoms with Crippen LogP contribution in [0.2, 0.25) is 0 Å². The summed E-state index contributed by atoms with van der Waals surface area (Å²) in [6.07, 6.45) is 0.212. The third-order valence-corrected chi connectivity index (χ3v) is 2.53. The van der Waals surface area contributed by atoms with E-state index in [4.69, 9.17) is 4.74 Å². The highest BCUT2D eigenvalue weighted by molar-refractivity contribution is 5.90. The van der Waals surface area contributed by atoms with Gasteiger partial charge in [0.05, 0.1) is 12.7 Å². The van der Waals surface area contributed by atoms with Gasteiger partial charge in [0.15, 0.2) is 0 Å². The van der Waals surface area contributed by atoms with Crippen LogP contribution >= 0.6 is 0 Å². The average molecular weight is 220 g/mol. The summed E-state index contributed by atoms with van der Waals surface area (Å²) >= 11 is 0. The average Bonchev–Trinajstić information content (AvgIpc) is 3.04. The SMILES string of the molecule is Cc1ccc(C)c(NC(=O)NC[C@@H]2CO2)c1. The summed E-state index contributed by atoms with van der Waals surface area (Å²) in [5, 5.41) is 5.59. The number of carbonyl (C=O) groups is 1. The number of rotatable bonds is 3. The Morgan fingerprint density at radius 3 is 2.94 bits per heavy atom. The highest BCUT2D eigenvalue weighted by atomic mass is 16.6. The van der Waals surface area contributed by atoms with E-state index in [1.165, 1.54) is 0 Å². The molecule has 0 unspecified atom stereocenters. The predicted octanol–water partition coefficient (Wildman–Crippen LogP) is 1.82. The Kier molecular flexibility index (Phi) is 3.10. The number of urea groups is 1. The molecule has 2 rings (SSSR count). The van der Waals surface area contributed by atoms with E-state index in [9.17, 15) is 4.79 Å². The van der Waals surface area contributed by atoms with E-state index in [2.05, 4.69) is 10.6 Å².